The summed E-state index contributed by atoms with van der Waals surface area (Å²) in [5.41, 5.74) is 0. The van der Waals surface area contributed by atoms with Gasteiger partial charge >= 0.3 is 5.97 Å². The van der Waals surface area contributed by atoms with Crippen molar-refractivity contribution < 1.29 is 19.8 Å². The molecule has 0 radical (unpaired) electrons. The van der Waals surface area contributed by atoms with Gasteiger partial charge in [0.25, 0.3) is 0 Å². The van der Waals surface area contributed by atoms with Gasteiger partial charge in [0.05, 0.1) is 6.10 Å². The molecule has 13 heavy (non-hydrogen) atoms. The second-order valence-corrected chi connectivity index (χ2v) is 3.19. The number of aliphatic hydroxyl groups excluding tert-OH is 1. The molecule has 0 aromatic rings. The molecule has 0 saturated carbocycles. The number of carboxylic acids is 1. The SMILES string of the molecule is O=C(O)[C@H]1C[C@H](O)CN1C(=O)CCl. The number of nitrogens with zero attached hydrogens (tertiary/aromatic N) is 1. The van der Waals surface area contributed by atoms with Crippen molar-refractivity contribution in [3.05, 3.63) is 0 Å². The minimum absolute atomic E-state index is 0.0581. The Labute approximate surface area is 79.9 Å². The number of carboxylic acid groups (broad SMARTS) is 1. The van der Waals surface area contributed by atoms with Gasteiger partial charge in [-0.2, -0.15) is 0 Å². The predicted octanol–water partition coefficient (Wildman–Crippen LogP) is -0.728. The Bertz CT molecular complexity index is 233. The summed E-state index contributed by atoms with van der Waals surface area (Å²) < 4.78 is 0. The van der Waals surface area contributed by atoms with E-state index in [1.165, 1.54) is 0 Å². The van der Waals surface area contributed by atoms with E-state index < -0.39 is 24.0 Å². The van der Waals surface area contributed by atoms with Crippen LogP contribution in [0.2, 0.25) is 0 Å². The Morgan fingerprint density at radius 3 is 2.62 bits per heavy atom. The summed E-state index contributed by atoms with van der Waals surface area (Å²) in [6.45, 7) is 0.0581. The molecule has 5 nitrogen and oxygen atoms in total. The van der Waals surface area contributed by atoms with Crippen LogP contribution in [0.3, 0.4) is 0 Å². The second kappa shape index (κ2) is 3.93. The third-order valence-corrected chi connectivity index (χ3v) is 2.23. The molecule has 1 rings (SSSR count). The molecular formula is C7H10ClNO4. The van der Waals surface area contributed by atoms with Crippen LogP contribution in [-0.2, 0) is 9.59 Å². The highest BCUT2D eigenvalue weighted by Gasteiger charge is 2.38. The van der Waals surface area contributed by atoms with Gasteiger partial charge in [-0.25, -0.2) is 4.79 Å². The summed E-state index contributed by atoms with van der Waals surface area (Å²) in [4.78, 5) is 22.8. The zero-order valence-electron chi connectivity index (χ0n) is 6.81. The first-order valence-corrected chi connectivity index (χ1v) is 4.36. The third-order valence-electron chi connectivity index (χ3n) is 2.00. The van der Waals surface area contributed by atoms with Gasteiger partial charge in [0.15, 0.2) is 0 Å². The van der Waals surface area contributed by atoms with Gasteiger partial charge in [-0.3, -0.25) is 4.79 Å². The molecular weight excluding hydrogens is 198 g/mol. The highest BCUT2D eigenvalue weighted by Crippen LogP contribution is 2.18. The molecule has 1 aliphatic rings. The number of rotatable bonds is 2. The molecule has 2 N–H and O–H groups in total. The monoisotopic (exact) mass is 207 g/mol. The van der Waals surface area contributed by atoms with E-state index >= 15 is 0 Å². The summed E-state index contributed by atoms with van der Waals surface area (Å²) in [5.74, 6) is -1.81. The summed E-state index contributed by atoms with van der Waals surface area (Å²) in [5, 5.41) is 17.9. The molecule has 0 aromatic heterocycles. The Morgan fingerprint density at radius 2 is 2.15 bits per heavy atom. The zero-order valence-corrected chi connectivity index (χ0v) is 7.57. The molecule has 2 atom stereocenters. The van der Waals surface area contributed by atoms with Crippen LogP contribution >= 0.6 is 11.6 Å². The van der Waals surface area contributed by atoms with Crippen molar-refractivity contribution >= 4 is 23.5 Å². The smallest absolute Gasteiger partial charge is 0.326 e. The highest BCUT2D eigenvalue weighted by atomic mass is 35.5. The van der Waals surface area contributed by atoms with Crippen LogP contribution in [0.25, 0.3) is 0 Å². The molecule has 6 heteroatoms. The zero-order chi connectivity index (χ0) is 10.0. The van der Waals surface area contributed by atoms with Crippen molar-refractivity contribution in [3.63, 3.8) is 0 Å². The molecule has 0 spiro atoms. The maximum Gasteiger partial charge on any atom is 0.326 e. The lowest BCUT2D eigenvalue weighted by atomic mass is 10.2. The van der Waals surface area contributed by atoms with Crippen LogP contribution in [-0.4, -0.2) is 51.6 Å². The van der Waals surface area contributed by atoms with Crippen molar-refractivity contribution in [1.82, 2.24) is 4.90 Å². The van der Waals surface area contributed by atoms with Gasteiger partial charge in [0.1, 0.15) is 11.9 Å². The number of alkyl halides is 1. The minimum atomic E-state index is -1.10. The summed E-state index contributed by atoms with van der Waals surface area (Å²) in [7, 11) is 0. The number of hydrogen-bond acceptors (Lipinski definition) is 3. The highest BCUT2D eigenvalue weighted by molar-refractivity contribution is 6.27. The number of amides is 1. The van der Waals surface area contributed by atoms with Gasteiger partial charge in [0.2, 0.25) is 5.91 Å². The fraction of sp³-hybridized carbons (Fsp3) is 0.714. The Balaban J connectivity index is 2.71. The van der Waals surface area contributed by atoms with Crippen molar-refractivity contribution in [1.29, 1.82) is 0 Å². The number of aliphatic carboxylic acids is 1. The van der Waals surface area contributed by atoms with Crippen LogP contribution in [0.5, 0.6) is 0 Å². The first-order valence-electron chi connectivity index (χ1n) is 3.82. The normalized spacial score (nSPS) is 27.7. The largest absolute Gasteiger partial charge is 0.480 e. The lowest BCUT2D eigenvalue weighted by molar-refractivity contribution is -0.147. The van der Waals surface area contributed by atoms with E-state index in [2.05, 4.69) is 0 Å². The number of halogens is 1. The van der Waals surface area contributed by atoms with Gasteiger partial charge < -0.3 is 15.1 Å². The molecule has 1 heterocycles. The molecule has 1 saturated heterocycles. The minimum Gasteiger partial charge on any atom is -0.480 e. The van der Waals surface area contributed by atoms with Crippen LogP contribution in [0.1, 0.15) is 6.42 Å². The molecule has 1 fully saturated rings. The molecule has 0 aromatic carbocycles. The van der Waals surface area contributed by atoms with Gasteiger partial charge in [-0.15, -0.1) is 11.6 Å². The molecule has 0 bridgehead atoms. The van der Waals surface area contributed by atoms with Crippen molar-refractivity contribution in [2.45, 2.75) is 18.6 Å². The van der Waals surface area contributed by atoms with E-state index in [0.717, 1.165) is 4.90 Å². The first kappa shape index (κ1) is 10.3. The summed E-state index contributed by atoms with van der Waals surface area (Å²) in [6.07, 6.45) is -0.675. The van der Waals surface area contributed by atoms with Gasteiger partial charge in [-0.05, 0) is 0 Å². The average molecular weight is 208 g/mol. The van der Waals surface area contributed by atoms with E-state index in [1.54, 1.807) is 0 Å². The van der Waals surface area contributed by atoms with Gasteiger partial charge in [-0.1, -0.05) is 0 Å². The lowest BCUT2D eigenvalue weighted by Gasteiger charge is -2.19. The number of carbonyl (C=O) groups is 2. The third kappa shape index (κ3) is 2.10. The van der Waals surface area contributed by atoms with E-state index in [0.29, 0.717) is 0 Å². The van der Waals surface area contributed by atoms with Crippen molar-refractivity contribution in [2.24, 2.45) is 0 Å². The maximum absolute atomic E-state index is 11.1. The summed E-state index contributed by atoms with van der Waals surface area (Å²) >= 11 is 5.28. The van der Waals surface area contributed by atoms with Crippen LogP contribution in [0, 0.1) is 0 Å². The van der Waals surface area contributed by atoms with E-state index in [9.17, 15) is 9.59 Å². The molecule has 1 amide bonds. The quantitative estimate of drug-likeness (QED) is 0.586. The maximum atomic E-state index is 11.1. The second-order valence-electron chi connectivity index (χ2n) is 2.92. The van der Waals surface area contributed by atoms with Crippen molar-refractivity contribution in [2.75, 3.05) is 12.4 Å². The predicted molar refractivity (Wildman–Crippen MR) is 44.5 cm³/mol. The van der Waals surface area contributed by atoms with E-state index in [1.807, 2.05) is 0 Å². The Hall–Kier alpha value is -0.810. The number of β-amino-alcohol motifs (C(OH)–C–C–N with tert-alkyl or cyclic N) is 1. The fourth-order valence-corrected chi connectivity index (χ4v) is 1.55. The Morgan fingerprint density at radius 1 is 1.54 bits per heavy atom. The molecule has 74 valence electrons. The number of likely N-dealkylation sites (tertiary alicyclic amines) is 1. The molecule has 0 unspecified atom stereocenters. The topological polar surface area (TPSA) is 77.8 Å². The van der Waals surface area contributed by atoms with E-state index in [-0.39, 0.29) is 18.8 Å². The molecule has 1 aliphatic heterocycles. The van der Waals surface area contributed by atoms with Crippen LogP contribution in [0.15, 0.2) is 0 Å². The van der Waals surface area contributed by atoms with Crippen LogP contribution < -0.4 is 0 Å². The lowest BCUT2D eigenvalue weighted by Crippen LogP contribution is -2.41. The molecule has 0 aliphatic carbocycles. The number of carbonyl (C=O) groups excluding carboxylic acids is 1. The van der Waals surface area contributed by atoms with Crippen LogP contribution in [0.4, 0.5) is 0 Å². The van der Waals surface area contributed by atoms with Crippen molar-refractivity contribution in [3.8, 4) is 0 Å². The van der Waals surface area contributed by atoms with Gasteiger partial charge in [0, 0.05) is 13.0 Å². The Kier molecular flexibility index (Phi) is 3.11. The number of aliphatic hydroxyl groups is 1. The fourth-order valence-electron chi connectivity index (χ4n) is 1.40. The average Bonchev–Trinajstić information content (AvgIpc) is 2.46. The number of hydrogen-bond donors (Lipinski definition) is 2. The standard InChI is InChI=1S/C7H10ClNO4/c8-2-6(11)9-3-4(10)1-5(9)7(12)13/h4-5,10H,1-3H2,(H,12,13)/t4-,5+/m0/s1. The van der Waals surface area contributed by atoms with E-state index in [4.69, 9.17) is 21.8 Å². The summed E-state index contributed by atoms with van der Waals surface area (Å²) in [6, 6.07) is -0.929. The first-order chi connectivity index (χ1) is 6.06.